The highest BCUT2D eigenvalue weighted by molar-refractivity contribution is 5.76. The van der Waals surface area contributed by atoms with Gasteiger partial charge in [0.1, 0.15) is 0 Å². The molecule has 7 heteroatoms. The van der Waals surface area contributed by atoms with Gasteiger partial charge in [0.05, 0.1) is 11.0 Å². The Labute approximate surface area is 129 Å². The fraction of sp³-hybridized carbons (Fsp3) is 0.533. The van der Waals surface area contributed by atoms with Crippen molar-refractivity contribution in [2.75, 3.05) is 26.7 Å². The van der Waals surface area contributed by atoms with Crippen LogP contribution >= 0.6 is 0 Å². The van der Waals surface area contributed by atoms with E-state index in [1.54, 1.807) is 13.1 Å². The van der Waals surface area contributed by atoms with Gasteiger partial charge in [-0.15, -0.1) is 0 Å². The van der Waals surface area contributed by atoms with E-state index in [2.05, 4.69) is 10.2 Å². The standard InChI is InChI=1S/C15H21N3O4/c1-16-15(20)8-12(9-17-6-5-14(19)10-17)11-3-2-4-13(7-11)18(21)22/h2-4,7,12,14,19H,5-6,8-10H2,1H3,(H,16,20)/t12-,14+/m1/s1. The number of hydrogen-bond acceptors (Lipinski definition) is 5. The van der Waals surface area contributed by atoms with Gasteiger partial charge in [0.2, 0.25) is 5.91 Å². The highest BCUT2D eigenvalue weighted by Gasteiger charge is 2.25. The first kappa shape index (κ1) is 16.4. The normalized spacial score (nSPS) is 19.8. The lowest BCUT2D eigenvalue weighted by atomic mass is 9.94. The highest BCUT2D eigenvalue weighted by Crippen LogP contribution is 2.26. The van der Waals surface area contributed by atoms with Gasteiger partial charge >= 0.3 is 0 Å². The molecule has 0 radical (unpaired) electrons. The number of nitrogens with zero attached hydrogens (tertiary/aromatic N) is 2. The van der Waals surface area contributed by atoms with Gasteiger partial charge in [0.25, 0.3) is 5.69 Å². The van der Waals surface area contributed by atoms with Crippen LogP contribution in [-0.4, -0.2) is 53.6 Å². The molecule has 0 aromatic heterocycles. The number of aliphatic hydroxyl groups excluding tert-OH is 1. The summed E-state index contributed by atoms with van der Waals surface area (Å²) in [6.07, 6.45) is 0.664. The molecule has 7 nitrogen and oxygen atoms in total. The number of amides is 1. The van der Waals surface area contributed by atoms with Gasteiger partial charge in [-0.2, -0.15) is 0 Å². The Hall–Kier alpha value is -1.99. The molecule has 0 aliphatic carbocycles. The maximum atomic E-state index is 11.7. The molecule has 22 heavy (non-hydrogen) atoms. The van der Waals surface area contributed by atoms with E-state index in [1.165, 1.54) is 12.1 Å². The van der Waals surface area contributed by atoms with Crippen LogP contribution in [0.25, 0.3) is 0 Å². The van der Waals surface area contributed by atoms with Crippen LogP contribution in [-0.2, 0) is 4.79 Å². The van der Waals surface area contributed by atoms with E-state index in [4.69, 9.17) is 0 Å². The number of nitrogens with one attached hydrogen (secondary N) is 1. The molecule has 0 spiro atoms. The minimum Gasteiger partial charge on any atom is -0.392 e. The Kier molecular flexibility index (Phi) is 5.46. The number of nitro benzene ring substituents is 1. The molecule has 1 aromatic carbocycles. The zero-order valence-corrected chi connectivity index (χ0v) is 12.6. The molecule has 0 bridgehead atoms. The van der Waals surface area contributed by atoms with Crippen molar-refractivity contribution in [2.24, 2.45) is 0 Å². The van der Waals surface area contributed by atoms with Gasteiger partial charge in [-0.1, -0.05) is 12.1 Å². The zero-order valence-electron chi connectivity index (χ0n) is 12.6. The summed E-state index contributed by atoms with van der Waals surface area (Å²) >= 11 is 0. The molecule has 2 N–H and O–H groups in total. The molecule has 1 saturated heterocycles. The summed E-state index contributed by atoms with van der Waals surface area (Å²) in [4.78, 5) is 24.3. The summed E-state index contributed by atoms with van der Waals surface area (Å²) in [7, 11) is 1.58. The molecule has 0 saturated carbocycles. The van der Waals surface area contributed by atoms with Crippen molar-refractivity contribution in [1.82, 2.24) is 10.2 Å². The van der Waals surface area contributed by atoms with Crippen LogP contribution < -0.4 is 5.32 Å². The number of carbonyl (C=O) groups excluding carboxylic acids is 1. The Morgan fingerprint density at radius 1 is 1.59 bits per heavy atom. The quantitative estimate of drug-likeness (QED) is 0.601. The van der Waals surface area contributed by atoms with Crippen LogP contribution in [0.3, 0.4) is 0 Å². The molecule has 1 fully saturated rings. The van der Waals surface area contributed by atoms with E-state index in [1.807, 2.05) is 6.07 Å². The SMILES string of the molecule is CNC(=O)C[C@H](CN1CC[C@H](O)C1)c1cccc([N+](=O)[O-])c1. The first-order chi connectivity index (χ1) is 10.5. The van der Waals surface area contributed by atoms with Gasteiger partial charge in [0.15, 0.2) is 0 Å². The average Bonchev–Trinajstić information content (AvgIpc) is 2.91. The van der Waals surface area contributed by atoms with E-state index < -0.39 is 4.92 Å². The van der Waals surface area contributed by atoms with Crippen molar-refractivity contribution in [3.05, 3.63) is 39.9 Å². The van der Waals surface area contributed by atoms with Crippen molar-refractivity contribution in [1.29, 1.82) is 0 Å². The first-order valence-corrected chi connectivity index (χ1v) is 7.35. The second kappa shape index (κ2) is 7.33. The van der Waals surface area contributed by atoms with E-state index in [-0.39, 0.29) is 30.0 Å². The number of nitro groups is 1. The number of hydrogen-bond donors (Lipinski definition) is 2. The van der Waals surface area contributed by atoms with E-state index in [0.717, 1.165) is 18.5 Å². The molecule has 1 amide bonds. The fourth-order valence-corrected chi connectivity index (χ4v) is 2.80. The summed E-state index contributed by atoms with van der Waals surface area (Å²) < 4.78 is 0. The topological polar surface area (TPSA) is 95.7 Å². The number of rotatable bonds is 6. The Bertz CT molecular complexity index is 549. The Balaban J connectivity index is 2.17. The second-order valence-electron chi connectivity index (χ2n) is 5.63. The van der Waals surface area contributed by atoms with Gasteiger partial charge < -0.3 is 15.3 Å². The summed E-state index contributed by atoms with van der Waals surface area (Å²) in [6.45, 7) is 1.96. The molecular formula is C15H21N3O4. The Morgan fingerprint density at radius 2 is 2.36 bits per heavy atom. The highest BCUT2D eigenvalue weighted by atomic mass is 16.6. The monoisotopic (exact) mass is 307 g/mol. The average molecular weight is 307 g/mol. The van der Waals surface area contributed by atoms with Crippen LogP contribution in [0.5, 0.6) is 0 Å². The van der Waals surface area contributed by atoms with Crippen LogP contribution in [0.1, 0.15) is 24.3 Å². The lowest BCUT2D eigenvalue weighted by Gasteiger charge is -2.23. The molecule has 0 unspecified atom stereocenters. The number of β-amino-alcohol motifs (C(OH)–C–C–N with tert-alkyl or cyclic N) is 1. The summed E-state index contributed by atoms with van der Waals surface area (Å²) in [5.74, 6) is -0.235. The maximum Gasteiger partial charge on any atom is 0.269 e. The van der Waals surface area contributed by atoms with Gasteiger partial charge in [-0.05, 0) is 12.0 Å². The minimum absolute atomic E-state index is 0.0286. The summed E-state index contributed by atoms with van der Waals surface area (Å²) in [5.41, 5.74) is 0.806. The number of benzene rings is 1. The molecule has 2 rings (SSSR count). The number of aliphatic hydroxyl groups is 1. The van der Waals surface area contributed by atoms with E-state index in [0.29, 0.717) is 13.1 Å². The van der Waals surface area contributed by atoms with Crippen molar-refractivity contribution < 1.29 is 14.8 Å². The van der Waals surface area contributed by atoms with Crippen LogP contribution in [0.2, 0.25) is 0 Å². The van der Waals surface area contributed by atoms with Crippen molar-refractivity contribution >= 4 is 11.6 Å². The summed E-state index contributed by atoms with van der Waals surface area (Å²) in [5, 5.41) is 23.1. The number of likely N-dealkylation sites (tertiary alicyclic amines) is 1. The molecule has 1 heterocycles. The molecule has 1 aliphatic heterocycles. The maximum absolute atomic E-state index is 11.7. The lowest BCUT2D eigenvalue weighted by Crippen LogP contribution is -2.30. The zero-order chi connectivity index (χ0) is 16.1. The van der Waals surface area contributed by atoms with Crippen LogP contribution in [0.15, 0.2) is 24.3 Å². The predicted octanol–water partition coefficient (Wildman–Crippen LogP) is 0.881. The molecule has 1 aromatic rings. The molecular weight excluding hydrogens is 286 g/mol. The Morgan fingerprint density at radius 3 is 2.95 bits per heavy atom. The molecule has 120 valence electrons. The fourth-order valence-electron chi connectivity index (χ4n) is 2.80. The minimum atomic E-state index is -0.430. The summed E-state index contributed by atoms with van der Waals surface area (Å²) in [6, 6.07) is 6.43. The van der Waals surface area contributed by atoms with Crippen LogP contribution in [0, 0.1) is 10.1 Å². The number of non-ortho nitro benzene ring substituents is 1. The molecule has 1 aliphatic rings. The smallest absolute Gasteiger partial charge is 0.269 e. The predicted molar refractivity (Wildman–Crippen MR) is 81.6 cm³/mol. The van der Waals surface area contributed by atoms with Gasteiger partial charge in [-0.25, -0.2) is 0 Å². The third kappa shape index (κ3) is 4.25. The van der Waals surface area contributed by atoms with E-state index >= 15 is 0 Å². The van der Waals surface area contributed by atoms with Crippen molar-refractivity contribution in [3.8, 4) is 0 Å². The van der Waals surface area contributed by atoms with Crippen LogP contribution in [0.4, 0.5) is 5.69 Å². The first-order valence-electron chi connectivity index (χ1n) is 7.35. The van der Waals surface area contributed by atoms with Gasteiger partial charge in [0, 0.05) is 51.2 Å². The van der Waals surface area contributed by atoms with Crippen molar-refractivity contribution in [2.45, 2.75) is 24.9 Å². The third-order valence-electron chi connectivity index (χ3n) is 3.99. The van der Waals surface area contributed by atoms with Gasteiger partial charge in [-0.3, -0.25) is 14.9 Å². The second-order valence-corrected chi connectivity index (χ2v) is 5.63. The lowest BCUT2D eigenvalue weighted by molar-refractivity contribution is -0.384. The third-order valence-corrected chi connectivity index (χ3v) is 3.99. The molecule has 2 atom stereocenters. The van der Waals surface area contributed by atoms with E-state index in [9.17, 15) is 20.0 Å². The number of carbonyl (C=O) groups is 1. The van der Waals surface area contributed by atoms with Crippen molar-refractivity contribution in [3.63, 3.8) is 0 Å². The largest absolute Gasteiger partial charge is 0.392 e.